The lowest BCUT2D eigenvalue weighted by Gasteiger charge is -2.07. The van der Waals surface area contributed by atoms with Crippen LogP contribution in [-0.4, -0.2) is 29.4 Å². The maximum absolute atomic E-state index is 11.7. The Morgan fingerprint density at radius 3 is 2.71 bits per heavy atom. The summed E-state index contributed by atoms with van der Waals surface area (Å²) >= 11 is 0. The van der Waals surface area contributed by atoms with Crippen LogP contribution in [0.1, 0.15) is 12.0 Å². The fourth-order valence-corrected chi connectivity index (χ4v) is 1.57. The molecule has 1 rings (SSSR count). The fourth-order valence-electron chi connectivity index (χ4n) is 1.57. The highest BCUT2D eigenvalue weighted by Gasteiger charge is 2.05. The number of methoxy groups -OCH3 is 1. The number of ether oxygens (including phenoxy) is 1. The van der Waals surface area contributed by atoms with Crippen LogP contribution in [0, 0.1) is 0 Å². The molecule has 0 unspecified atom stereocenters. The van der Waals surface area contributed by atoms with Crippen molar-refractivity contribution in [1.82, 2.24) is 14.5 Å². The van der Waals surface area contributed by atoms with Crippen LogP contribution in [0.25, 0.3) is 0 Å². The summed E-state index contributed by atoms with van der Waals surface area (Å²) in [6.07, 6.45) is 2.47. The van der Waals surface area contributed by atoms with Gasteiger partial charge in [0.2, 0.25) is 0 Å². The van der Waals surface area contributed by atoms with E-state index in [2.05, 4.69) is 5.32 Å². The molecule has 0 radical (unpaired) electrons. The maximum atomic E-state index is 11.7. The first kappa shape index (κ1) is 13.7. The Bertz CT molecular complexity index is 476. The molecule has 96 valence electrons. The summed E-state index contributed by atoms with van der Waals surface area (Å²) in [7, 11) is 4.78. The quantitative estimate of drug-likeness (QED) is 0.663. The topological polar surface area (TPSA) is 65.3 Å². The molecule has 0 aliphatic heterocycles. The summed E-state index contributed by atoms with van der Waals surface area (Å²) in [6.45, 7) is 1.93. The Hall–Kier alpha value is -1.40. The summed E-state index contributed by atoms with van der Waals surface area (Å²) in [5, 5.41) is 3.14. The highest BCUT2D eigenvalue weighted by atomic mass is 16.5. The van der Waals surface area contributed by atoms with Crippen molar-refractivity contribution in [3.63, 3.8) is 0 Å². The minimum atomic E-state index is -0.307. The van der Waals surface area contributed by atoms with Crippen LogP contribution in [0.5, 0.6) is 0 Å². The van der Waals surface area contributed by atoms with Crippen LogP contribution in [-0.2, 0) is 25.4 Å². The second kappa shape index (κ2) is 6.36. The van der Waals surface area contributed by atoms with Gasteiger partial charge in [0.15, 0.2) is 0 Å². The molecule has 0 bridgehead atoms. The van der Waals surface area contributed by atoms with Crippen LogP contribution in [0.4, 0.5) is 0 Å². The molecule has 0 saturated carbocycles. The first-order valence-corrected chi connectivity index (χ1v) is 5.53. The van der Waals surface area contributed by atoms with Crippen LogP contribution in [0.2, 0.25) is 0 Å². The highest BCUT2D eigenvalue weighted by molar-refractivity contribution is 5.05. The molecule has 0 amide bonds. The van der Waals surface area contributed by atoms with Gasteiger partial charge in [-0.2, -0.15) is 0 Å². The molecule has 6 nitrogen and oxygen atoms in total. The zero-order valence-corrected chi connectivity index (χ0v) is 10.5. The van der Waals surface area contributed by atoms with Gasteiger partial charge in [0.05, 0.1) is 0 Å². The molecular weight excluding hydrogens is 222 g/mol. The van der Waals surface area contributed by atoms with Crippen molar-refractivity contribution < 1.29 is 4.74 Å². The Morgan fingerprint density at radius 2 is 2.06 bits per heavy atom. The number of rotatable bonds is 6. The van der Waals surface area contributed by atoms with Gasteiger partial charge < -0.3 is 14.6 Å². The number of aromatic nitrogens is 2. The fraction of sp³-hybridized carbons (Fsp3) is 0.636. The van der Waals surface area contributed by atoms with Gasteiger partial charge in [0.1, 0.15) is 0 Å². The van der Waals surface area contributed by atoms with E-state index in [1.54, 1.807) is 20.4 Å². The van der Waals surface area contributed by atoms with Crippen LogP contribution < -0.4 is 16.6 Å². The molecule has 6 heteroatoms. The van der Waals surface area contributed by atoms with Crippen molar-refractivity contribution in [3.8, 4) is 0 Å². The van der Waals surface area contributed by atoms with E-state index in [9.17, 15) is 9.59 Å². The van der Waals surface area contributed by atoms with Crippen molar-refractivity contribution in [2.24, 2.45) is 14.1 Å². The average Bonchev–Trinajstić information content (AvgIpc) is 2.32. The van der Waals surface area contributed by atoms with Gasteiger partial charge in [-0.3, -0.25) is 9.36 Å². The maximum Gasteiger partial charge on any atom is 0.330 e. The molecule has 0 atom stereocenters. The Morgan fingerprint density at radius 1 is 1.35 bits per heavy atom. The number of nitrogens with one attached hydrogen (secondary N) is 1. The van der Waals surface area contributed by atoms with E-state index in [0.717, 1.165) is 17.5 Å². The zero-order valence-electron chi connectivity index (χ0n) is 10.5. The summed E-state index contributed by atoms with van der Waals surface area (Å²) in [5.41, 5.74) is 0.0393. The summed E-state index contributed by atoms with van der Waals surface area (Å²) in [4.78, 5) is 23.2. The standard InChI is InChI=1S/C11H19N3O3/c1-13-8-9(7-12-5-4-6-17-3)10(15)14(2)11(13)16/h8,12H,4-7H2,1-3H3. The Labute approximate surface area is 99.8 Å². The third-order valence-corrected chi connectivity index (χ3v) is 2.53. The first-order valence-electron chi connectivity index (χ1n) is 5.53. The van der Waals surface area contributed by atoms with Gasteiger partial charge in [-0.15, -0.1) is 0 Å². The molecule has 0 fully saturated rings. The summed E-state index contributed by atoms with van der Waals surface area (Å²) in [5.74, 6) is 0. The zero-order chi connectivity index (χ0) is 12.8. The van der Waals surface area contributed by atoms with Gasteiger partial charge in [-0.05, 0) is 13.0 Å². The van der Waals surface area contributed by atoms with Crippen molar-refractivity contribution >= 4 is 0 Å². The lowest BCUT2D eigenvalue weighted by atomic mass is 10.3. The monoisotopic (exact) mass is 241 g/mol. The molecule has 0 aromatic carbocycles. The molecule has 1 heterocycles. The predicted octanol–water partition coefficient (Wildman–Crippen LogP) is -0.790. The molecule has 0 spiro atoms. The average molecular weight is 241 g/mol. The molecule has 1 N–H and O–H groups in total. The molecule has 1 aromatic heterocycles. The number of hydrogen-bond acceptors (Lipinski definition) is 4. The van der Waals surface area contributed by atoms with E-state index in [4.69, 9.17) is 4.74 Å². The van der Waals surface area contributed by atoms with Crippen LogP contribution in [0.15, 0.2) is 15.8 Å². The predicted molar refractivity (Wildman–Crippen MR) is 65.1 cm³/mol. The van der Waals surface area contributed by atoms with Crippen molar-refractivity contribution in [2.45, 2.75) is 13.0 Å². The van der Waals surface area contributed by atoms with E-state index < -0.39 is 0 Å². The minimum absolute atomic E-state index is 0.243. The van der Waals surface area contributed by atoms with E-state index in [0.29, 0.717) is 18.7 Å². The van der Waals surface area contributed by atoms with E-state index in [1.165, 1.54) is 11.6 Å². The third-order valence-electron chi connectivity index (χ3n) is 2.53. The Balaban J connectivity index is 2.66. The lowest BCUT2D eigenvalue weighted by Crippen LogP contribution is -2.39. The van der Waals surface area contributed by atoms with Crippen LogP contribution in [0.3, 0.4) is 0 Å². The number of hydrogen-bond donors (Lipinski definition) is 1. The Kier molecular flexibility index (Phi) is 5.11. The van der Waals surface area contributed by atoms with Gasteiger partial charge in [-0.25, -0.2) is 4.79 Å². The minimum Gasteiger partial charge on any atom is -0.385 e. The molecule has 0 aliphatic rings. The number of aryl methyl sites for hydroxylation is 1. The molecule has 1 aromatic rings. The largest absolute Gasteiger partial charge is 0.385 e. The summed E-state index contributed by atoms with van der Waals surface area (Å²) < 4.78 is 7.45. The van der Waals surface area contributed by atoms with E-state index in [1.807, 2.05) is 0 Å². The highest BCUT2D eigenvalue weighted by Crippen LogP contribution is 1.87. The lowest BCUT2D eigenvalue weighted by molar-refractivity contribution is 0.194. The van der Waals surface area contributed by atoms with Crippen molar-refractivity contribution in [2.75, 3.05) is 20.3 Å². The second-order valence-electron chi connectivity index (χ2n) is 3.94. The van der Waals surface area contributed by atoms with Crippen molar-refractivity contribution in [3.05, 3.63) is 32.6 Å². The number of nitrogens with zero attached hydrogens (tertiary/aromatic N) is 2. The summed E-state index contributed by atoms with van der Waals surface area (Å²) in [6, 6.07) is 0. The van der Waals surface area contributed by atoms with Gasteiger partial charge in [0, 0.05) is 46.1 Å². The second-order valence-corrected chi connectivity index (χ2v) is 3.94. The van der Waals surface area contributed by atoms with Gasteiger partial charge >= 0.3 is 5.69 Å². The van der Waals surface area contributed by atoms with E-state index >= 15 is 0 Å². The van der Waals surface area contributed by atoms with Crippen molar-refractivity contribution in [1.29, 1.82) is 0 Å². The SMILES string of the molecule is COCCCNCc1cn(C)c(=O)n(C)c1=O. The van der Waals surface area contributed by atoms with Crippen LogP contribution >= 0.6 is 0 Å². The van der Waals surface area contributed by atoms with Gasteiger partial charge in [0.25, 0.3) is 5.56 Å². The molecule has 0 saturated heterocycles. The molecule has 0 aliphatic carbocycles. The normalized spacial score (nSPS) is 10.8. The van der Waals surface area contributed by atoms with E-state index in [-0.39, 0.29) is 11.2 Å². The molecule has 17 heavy (non-hydrogen) atoms. The van der Waals surface area contributed by atoms with Gasteiger partial charge in [-0.1, -0.05) is 0 Å². The smallest absolute Gasteiger partial charge is 0.330 e. The molecular formula is C11H19N3O3. The third kappa shape index (κ3) is 3.54. The first-order chi connectivity index (χ1) is 8.07.